The first-order valence-electron chi connectivity index (χ1n) is 21.4. The standard InChI is InChI=1S/C49H52N4O8/c1-58-21-7-13-45(55)35-11-6-8-33(24-35)29-52(37-14-16-39(54)17-15-37)49(57)42-26-44(51-18-5-4-12-43(42)51)40-27-46-47(61-32-60-46)28-41(40)48(56)53-30-36-10-3-2-9-34(36)25-38(53)31-50-19-22-59-23-20-50/h2-3,6,8-11,14-17,24,26-28,38,54H,4-5,7,12-13,18-23,25,29-32H2,1H3/t38-/m0/s1. The van der Waals surface area contributed by atoms with Gasteiger partial charge in [0.2, 0.25) is 6.79 Å². The van der Waals surface area contributed by atoms with Gasteiger partial charge in [0.15, 0.2) is 17.3 Å². The molecule has 1 fully saturated rings. The lowest BCUT2D eigenvalue weighted by Crippen LogP contribution is -2.52. The fourth-order valence-corrected chi connectivity index (χ4v) is 9.25. The van der Waals surface area contributed by atoms with Crippen LogP contribution in [0.5, 0.6) is 17.2 Å². The molecule has 9 rings (SSSR count). The highest BCUT2D eigenvalue weighted by Crippen LogP contribution is 2.42. The molecule has 12 heteroatoms. The smallest absolute Gasteiger partial charge is 0.260 e. The fraction of sp³-hybridized carbons (Fsp3) is 0.367. The van der Waals surface area contributed by atoms with E-state index in [4.69, 9.17) is 18.9 Å². The number of Topliss-reactive ketones (excluding diaryl/α,β-unsaturated/α-hetero) is 1. The zero-order chi connectivity index (χ0) is 41.9. The number of phenolic OH excluding ortho intramolecular Hbond substituents is 1. The van der Waals surface area contributed by atoms with Gasteiger partial charge in [-0.1, -0.05) is 42.5 Å². The number of aromatic nitrogens is 1. The minimum absolute atomic E-state index is 0.0165. The SMILES string of the molecule is COCCCC(=O)c1cccc(CN(C(=O)c2cc(-c3cc4c(cc3C(=O)N3Cc5ccccc5C[C@H]3CN3CCOCC3)OCO4)n3c2CCCC3)c2ccc(O)cc2)c1. The van der Waals surface area contributed by atoms with Crippen LogP contribution in [0.4, 0.5) is 5.69 Å². The molecule has 5 heterocycles. The lowest BCUT2D eigenvalue weighted by atomic mass is 9.92. The molecule has 316 valence electrons. The van der Waals surface area contributed by atoms with Crippen LogP contribution in [0.15, 0.2) is 91.0 Å². The topological polar surface area (TPSA) is 123 Å². The van der Waals surface area contributed by atoms with Crippen molar-refractivity contribution in [2.24, 2.45) is 0 Å². The van der Waals surface area contributed by atoms with Gasteiger partial charge in [0.05, 0.1) is 30.9 Å². The van der Waals surface area contributed by atoms with Crippen LogP contribution in [0.1, 0.15) is 79.1 Å². The number of ketones is 1. The fourth-order valence-electron chi connectivity index (χ4n) is 9.25. The number of hydrogen-bond donors (Lipinski definition) is 1. The molecule has 0 spiro atoms. The summed E-state index contributed by atoms with van der Waals surface area (Å²) in [6, 6.07) is 28.0. The first kappa shape index (κ1) is 40.5. The van der Waals surface area contributed by atoms with E-state index in [9.17, 15) is 9.90 Å². The Hall–Kier alpha value is -5.95. The predicted molar refractivity (Wildman–Crippen MR) is 230 cm³/mol. The molecular formula is C49H52N4O8. The van der Waals surface area contributed by atoms with Crippen molar-refractivity contribution < 1.29 is 38.4 Å². The third-order valence-electron chi connectivity index (χ3n) is 12.4. The van der Waals surface area contributed by atoms with Crippen LogP contribution >= 0.6 is 0 Å². The summed E-state index contributed by atoms with van der Waals surface area (Å²) < 4.78 is 24.8. The van der Waals surface area contributed by atoms with Crippen LogP contribution in [0.2, 0.25) is 0 Å². The van der Waals surface area contributed by atoms with E-state index in [0.717, 1.165) is 61.4 Å². The number of amides is 2. The summed E-state index contributed by atoms with van der Waals surface area (Å²) in [5.41, 5.74) is 7.80. The molecule has 5 aromatic rings. The number of carbonyl (C=O) groups is 3. The van der Waals surface area contributed by atoms with E-state index in [1.54, 1.807) is 42.3 Å². The largest absolute Gasteiger partial charge is 0.508 e. The van der Waals surface area contributed by atoms with Crippen molar-refractivity contribution in [1.29, 1.82) is 0 Å². The van der Waals surface area contributed by atoms with E-state index < -0.39 is 0 Å². The average Bonchev–Trinajstić information content (AvgIpc) is 3.93. The van der Waals surface area contributed by atoms with Gasteiger partial charge in [-0.15, -0.1) is 0 Å². The number of hydrogen-bond acceptors (Lipinski definition) is 9. The summed E-state index contributed by atoms with van der Waals surface area (Å²) in [4.78, 5) is 49.7. The summed E-state index contributed by atoms with van der Waals surface area (Å²) in [5.74, 6) is 0.875. The Morgan fingerprint density at radius 2 is 1.64 bits per heavy atom. The van der Waals surface area contributed by atoms with Crippen molar-refractivity contribution in [3.05, 3.63) is 130 Å². The minimum atomic E-state index is -0.216. The van der Waals surface area contributed by atoms with Crippen molar-refractivity contribution in [3.63, 3.8) is 0 Å². The summed E-state index contributed by atoms with van der Waals surface area (Å²) in [6.45, 7) is 5.65. The van der Waals surface area contributed by atoms with Gasteiger partial charge in [0.25, 0.3) is 11.8 Å². The van der Waals surface area contributed by atoms with Gasteiger partial charge in [0.1, 0.15) is 5.75 Å². The van der Waals surface area contributed by atoms with Gasteiger partial charge in [-0.3, -0.25) is 19.3 Å². The Morgan fingerprint density at radius 3 is 2.44 bits per heavy atom. The van der Waals surface area contributed by atoms with E-state index in [0.29, 0.717) is 91.6 Å². The molecule has 1 saturated heterocycles. The molecule has 4 aliphatic heterocycles. The molecule has 4 aliphatic rings. The maximum atomic E-state index is 15.3. The highest BCUT2D eigenvalue weighted by Gasteiger charge is 2.36. The second kappa shape index (κ2) is 18.0. The highest BCUT2D eigenvalue weighted by atomic mass is 16.7. The number of phenols is 1. The Morgan fingerprint density at radius 1 is 0.852 bits per heavy atom. The van der Waals surface area contributed by atoms with Crippen molar-refractivity contribution in [3.8, 4) is 28.5 Å². The molecule has 0 unspecified atom stereocenters. The molecule has 0 saturated carbocycles. The zero-order valence-electron chi connectivity index (χ0n) is 34.6. The highest BCUT2D eigenvalue weighted by molar-refractivity contribution is 6.09. The maximum absolute atomic E-state index is 15.3. The van der Waals surface area contributed by atoms with Gasteiger partial charge in [0, 0.05) is 87.1 Å². The molecule has 2 amide bonds. The normalized spacial score (nSPS) is 17.1. The van der Waals surface area contributed by atoms with E-state index >= 15 is 9.59 Å². The molecule has 4 aromatic carbocycles. The van der Waals surface area contributed by atoms with Gasteiger partial charge in [-0.25, -0.2) is 0 Å². The van der Waals surface area contributed by atoms with Gasteiger partial charge in [-0.2, -0.15) is 0 Å². The van der Waals surface area contributed by atoms with Crippen molar-refractivity contribution in [1.82, 2.24) is 14.4 Å². The molecule has 0 aliphatic carbocycles. The molecular weight excluding hydrogens is 773 g/mol. The number of benzene rings is 4. The molecule has 1 atom stereocenters. The summed E-state index contributed by atoms with van der Waals surface area (Å²) >= 11 is 0. The van der Waals surface area contributed by atoms with Gasteiger partial charge < -0.3 is 38.4 Å². The second-order valence-corrected chi connectivity index (χ2v) is 16.4. The maximum Gasteiger partial charge on any atom is 0.260 e. The second-order valence-electron chi connectivity index (χ2n) is 16.4. The minimum Gasteiger partial charge on any atom is -0.508 e. The number of ether oxygens (including phenoxy) is 4. The number of aromatic hydroxyl groups is 1. The van der Waals surface area contributed by atoms with Gasteiger partial charge >= 0.3 is 0 Å². The molecule has 1 N–H and O–H groups in total. The number of carbonyl (C=O) groups excluding carboxylic acids is 3. The van der Waals surface area contributed by atoms with Crippen LogP contribution in [0.25, 0.3) is 11.3 Å². The van der Waals surface area contributed by atoms with Crippen LogP contribution in [-0.4, -0.2) is 96.5 Å². The summed E-state index contributed by atoms with van der Waals surface area (Å²) in [7, 11) is 1.62. The summed E-state index contributed by atoms with van der Waals surface area (Å²) in [5, 5.41) is 10.2. The van der Waals surface area contributed by atoms with E-state index in [1.165, 1.54) is 5.56 Å². The molecule has 12 nitrogen and oxygen atoms in total. The third-order valence-corrected chi connectivity index (χ3v) is 12.4. The van der Waals surface area contributed by atoms with Crippen LogP contribution in [0.3, 0.4) is 0 Å². The Bertz CT molecular complexity index is 2420. The van der Waals surface area contributed by atoms with Crippen LogP contribution in [0, 0.1) is 0 Å². The van der Waals surface area contributed by atoms with Crippen LogP contribution < -0.4 is 14.4 Å². The molecule has 1 aromatic heterocycles. The number of morpholine rings is 1. The number of nitrogens with zero attached hydrogens (tertiary/aromatic N) is 4. The number of fused-ring (bicyclic) bond motifs is 3. The first-order valence-corrected chi connectivity index (χ1v) is 21.4. The van der Waals surface area contributed by atoms with Crippen molar-refractivity contribution in [2.75, 3.05) is 58.3 Å². The molecule has 0 bridgehead atoms. The lowest BCUT2D eigenvalue weighted by Gasteiger charge is -2.40. The third kappa shape index (κ3) is 8.53. The number of rotatable bonds is 13. The number of methoxy groups -OCH3 is 1. The van der Waals surface area contributed by atoms with E-state index in [-0.39, 0.29) is 42.7 Å². The lowest BCUT2D eigenvalue weighted by molar-refractivity contribution is 0.0193. The quantitative estimate of drug-likeness (QED) is 0.0965. The first-order chi connectivity index (χ1) is 29.8. The Labute approximate surface area is 356 Å². The van der Waals surface area contributed by atoms with E-state index in [2.05, 4.69) is 27.7 Å². The molecule has 61 heavy (non-hydrogen) atoms. The predicted octanol–water partition coefficient (Wildman–Crippen LogP) is 7.28. The van der Waals surface area contributed by atoms with Crippen molar-refractivity contribution >= 4 is 23.3 Å². The number of anilines is 1. The van der Waals surface area contributed by atoms with Crippen molar-refractivity contribution in [2.45, 2.75) is 64.2 Å². The van der Waals surface area contributed by atoms with Gasteiger partial charge in [-0.05, 0) is 97.3 Å². The molecule has 0 radical (unpaired) electrons. The Kier molecular flexibility index (Phi) is 11.9. The zero-order valence-corrected chi connectivity index (χ0v) is 34.6. The average molecular weight is 825 g/mol. The van der Waals surface area contributed by atoms with E-state index in [1.807, 2.05) is 47.4 Å². The summed E-state index contributed by atoms with van der Waals surface area (Å²) in [6.07, 6.45) is 4.26. The van der Waals surface area contributed by atoms with Crippen LogP contribution in [-0.2, 0) is 41.9 Å². The Balaban J connectivity index is 1.10. The monoisotopic (exact) mass is 824 g/mol.